The van der Waals surface area contributed by atoms with E-state index < -0.39 is 23.9 Å². The van der Waals surface area contributed by atoms with E-state index in [1.807, 2.05) is 0 Å². The standard InChI is InChI=1S/C38H82O2PSi2/c1-18-22-25-41(26-23-19-2,27-24-20-3)29-33(11)28-35(13)38(39-42(15,16)17)36(14)37(34(12)21-4)40-43(30(5)6,31(7)8)32(9)10/h28,30-32,34-38H,18-27,29H2,1-17H3/q+1/b33-28+/t34-,35+,36+,37-,38+/m0/s1. The minimum atomic E-state index is -2.03. The van der Waals surface area contributed by atoms with Crippen LogP contribution in [0.1, 0.15) is 142 Å². The van der Waals surface area contributed by atoms with E-state index in [2.05, 4.69) is 123 Å². The average Bonchev–Trinajstić information content (AvgIpc) is 2.91. The summed E-state index contributed by atoms with van der Waals surface area (Å²) < 4.78 is 14.9. The maximum atomic E-state index is 7.66. The van der Waals surface area contributed by atoms with Crippen LogP contribution in [0.2, 0.25) is 36.3 Å². The van der Waals surface area contributed by atoms with Gasteiger partial charge in [0.15, 0.2) is 8.32 Å². The second-order valence-corrected chi connectivity index (χ2v) is 30.7. The number of rotatable bonds is 24. The van der Waals surface area contributed by atoms with Gasteiger partial charge in [-0.15, -0.1) is 0 Å². The van der Waals surface area contributed by atoms with Gasteiger partial charge in [0.2, 0.25) is 8.32 Å². The van der Waals surface area contributed by atoms with E-state index in [9.17, 15) is 0 Å². The molecule has 0 amide bonds. The highest BCUT2D eigenvalue weighted by atomic mass is 31.2. The quantitative estimate of drug-likeness (QED) is 0.0584. The molecule has 0 radical (unpaired) electrons. The van der Waals surface area contributed by atoms with E-state index in [0.29, 0.717) is 34.4 Å². The lowest BCUT2D eigenvalue weighted by atomic mass is 9.83. The first-order valence-electron chi connectivity index (χ1n) is 18.8. The normalized spacial score (nSPS) is 17.5. The number of hydrogen-bond acceptors (Lipinski definition) is 2. The van der Waals surface area contributed by atoms with Gasteiger partial charge < -0.3 is 8.85 Å². The Bertz CT molecular complexity index is 714. The van der Waals surface area contributed by atoms with Crippen molar-refractivity contribution in [3.63, 3.8) is 0 Å². The third-order valence-electron chi connectivity index (χ3n) is 10.4. The Morgan fingerprint density at radius 2 is 1.07 bits per heavy atom. The Morgan fingerprint density at radius 3 is 1.40 bits per heavy atom. The predicted molar refractivity (Wildman–Crippen MR) is 207 cm³/mol. The molecule has 2 nitrogen and oxygen atoms in total. The topological polar surface area (TPSA) is 18.5 Å². The zero-order valence-electron chi connectivity index (χ0n) is 32.7. The summed E-state index contributed by atoms with van der Waals surface area (Å²) in [5.41, 5.74) is 3.41. The highest BCUT2D eigenvalue weighted by Gasteiger charge is 2.49. The van der Waals surface area contributed by atoms with Gasteiger partial charge in [-0.2, -0.15) is 0 Å². The van der Waals surface area contributed by atoms with Crippen molar-refractivity contribution in [2.75, 3.05) is 24.6 Å². The second-order valence-electron chi connectivity index (χ2n) is 16.4. The number of unbranched alkanes of at least 4 members (excludes halogenated alkanes) is 3. The van der Waals surface area contributed by atoms with Crippen LogP contribution < -0.4 is 0 Å². The van der Waals surface area contributed by atoms with E-state index in [4.69, 9.17) is 8.85 Å². The van der Waals surface area contributed by atoms with Crippen molar-refractivity contribution < 1.29 is 8.85 Å². The SMILES string of the molecule is CCCC[P+](CCCC)(CCCC)C/C(C)=C/[C@@H](C)[C@@H](O[Si](C)(C)C)[C@H](C)[C@@H](O[Si](C(C)C)(C(C)C)C(C)C)[C@@H](C)CC. The summed E-state index contributed by atoms with van der Waals surface area (Å²) in [6.45, 7) is 41.0. The molecular weight excluding hydrogens is 576 g/mol. The summed E-state index contributed by atoms with van der Waals surface area (Å²) in [6.07, 6.45) is 18.3. The molecule has 0 aliphatic heterocycles. The Labute approximate surface area is 276 Å². The first-order valence-corrected chi connectivity index (χ1v) is 26.8. The molecule has 258 valence electrons. The van der Waals surface area contributed by atoms with Crippen LogP contribution in [-0.4, -0.2) is 53.5 Å². The third-order valence-corrected chi connectivity index (χ3v) is 22.4. The highest BCUT2D eigenvalue weighted by molar-refractivity contribution is 7.76. The van der Waals surface area contributed by atoms with E-state index in [1.165, 1.54) is 63.2 Å². The molecule has 0 saturated carbocycles. The number of allylic oxidation sites excluding steroid dienone is 1. The minimum Gasteiger partial charge on any atom is -0.414 e. The van der Waals surface area contributed by atoms with Crippen molar-refractivity contribution in [3.8, 4) is 0 Å². The molecule has 0 aliphatic rings. The van der Waals surface area contributed by atoms with Crippen LogP contribution >= 0.6 is 7.26 Å². The van der Waals surface area contributed by atoms with Gasteiger partial charge in [-0.05, 0) is 79.9 Å². The smallest absolute Gasteiger partial charge is 0.200 e. The molecular formula is C38H82O2PSi2+. The Hall–Kier alpha value is 0.524. The Kier molecular flexibility index (Phi) is 20.9. The summed E-state index contributed by atoms with van der Waals surface area (Å²) in [7, 11) is -4.78. The van der Waals surface area contributed by atoms with E-state index in [-0.39, 0.29) is 12.2 Å². The van der Waals surface area contributed by atoms with Crippen LogP contribution in [0.15, 0.2) is 11.6 Å². The molecule has 0 unspecified atom stereocenters. The zero-order chi connectivity index (χ0) is 33.6. The summed E-state index contributed by atoms with van der Waals surface area (Å²) >= 11 is 0. The molecule has 0 spiro atoms. The Balaban J connectivity index is 6.66. The molecule has 0 heterocycles. The molecule has 0 aliphatic carbocycles. The molecule has 0 fully saturated rings. The summed E-state index contributed by atoms with van der Waals surface area (Å²) in [4.78, 5) is 0. The largest absolute Gasteiger partial charge is 0.414 e. The summed E-state index contributed by atoms with van der Waals surface area (Å²) in [5, 5.41) is 0. The highest BCUT2D eigenvalue weighted by Crippen LogP contribution is 2.62. The lowest BCUT2D eigenvalue weighted by Crippen LogP contribution is -2.55. The molecule has 0 rings (SSSR count). The molecule has 5 atom stereocenters. The van der Waals surface area contributed by atoms with Gasteiger partial charge in [-0.3, -0.25) is 0 Å². The van der Waals surface area contributed by atoms with Crippen LogP contribution in [0, 0.1) is 17.8 Å². The fraction of sp³-hybridized carbons (Fsp3) is 0.947. The van der Waals surface area contributed by atoms with Crippen LogP contribution in [-0.2, 0) is 8.85 Å². The third kappa shape index (κ3) is 14.0. The molecule has 0 aromatic rings. The van der Waals surface area contributed by atoms with Crippen LogP contribution in [0.25, 0.3) is 0 Å². The van der Waals surface area contributed by atoms with Gasteiger partial charge in [0, 0.05) is 13.2 Å². The van der Waals surface area contributed by atoms with Crippen molar-refractivity contribution in [1.29, 1.82) is 0 Å². The van der Waals surface area contributed by atoms with Gasteiger partial charge in [0.1, 0.15) is 0 Å². The van der Waals surface area contributed by atoms with E-state index >= 15 is 0 Å². The van der Waals surface area contributed by atoms with Crippen molar-refractivity contribution in [1.82, 2.24) is 0 Å². The van der Waals surface area contributed by atoms with Crippen LogP contribution in [0.3, 0.4) is 0 Å². The van der Waals surface area contributed by atoms with Crippen molar-refractivity contribution in [2.45, 2.75) is 190 Å². The van der Waals surface area contributed by atoms with Crippen molar-refractivity contribution in [3.05, 3.63) is 11.6 Å². The summed E-state index contributed by atoms with van der Waals surface area (Å²) in [6, 6.07) is 0. The average molecular weight is 658 g/mol. The minimum absolute atomic E-state index is 0.188. The van der Waals surface area contributed by atoms with Crippen LogP contribution in [0.4, 0.5) is 0 Å². The summed E-state index contributed by atoms with van der Waals surface area (Å²) in [5.74, 6) is 1.25. The van der Waals surface area contributed by atoms with Gasteiger partial charge in [-0.1, -0.05) is 122 Å². The Morgan fingerprint density at radius 1 is 0.651 bits per heavy atom. The first kappa shape index (κ1) is 43.5. The fourth-order valence-electron chi connectivity index (χ4n) is 8.09. The monoisotopic (exact) mass is 658 g/mol. The zero-order valence-corrected chi connectivity index (χ0v) is 35.6. The second kappa shape index (κ2) is 20.7. The number of hydrogen-bond donors (Lipinski definition) is 0. The molecule has 0 saturated heterocycles. The van der Waals surface area contributed by atoms with Crippen molar-refractivity contribution >= 4 is 23.9 Å². The molecule has 43 heavy (non-hydrogen) atoms. The first-order chi connectivity index (χ1) is 19.9. The molecule has 0 aromatic heterocycles. The van der Waals surface area contributed by atoms with Gasteiger partial charge in [0.25, 0.3) is 0 Å². The lowest BCUT2D eigenvalue weighted by molar-refractivity contribution is -0.00749. The maximum Gasteiger partial charge on any atom is 0.200 e. The van der Waals surface area contributed by atoms with Gasteiger partial charge in [-0.25, -0.2) is 0 Å². The molecule has 5 heteroatoms. The molecule has 0 bridgehead atoms. The van der Waals surface area contributed by atoms with E-state index in [0.717, 1.165) is 6.42 Å². The van der Waals surface area contributed by atoms with Crippen LogP contribution in [0.5, 0.6) is 0 Å². The predicted octanol–water partition coefficient (Wildman–Crippen LogP) is 13.4. The fourth-order valence-corrected chi connectivity index (χ4v) is 20.3. The van der Waals surface area contributed by atoms with E-state index in [1.54, 1.807) is 5.57 Å². The van der Waals surface area contributed by atoms with Gasteiger partial charge >= 0.3 is 0 Å². The van der Waals surface area contributed by atoms with Gasteiger partial charge in [0.05, 0.1) is 36.9 Å². The maximum absolute atomic E-state index is 7.66. The molecule has 0 N–H and O–H groups in total. The molecule has 0 aromatic carbocycles. The lowest BCUT2D eigenvalue weighted by Gasteiger charge is -2.49. The van der Waals surface area contributed by atoms with Crippen molar-refractivity contribution in [2.24, 2.45) is 17.8 Å².